The summed E-state index contributed by atoms with van der Waals surface area (Å²) in [5.74, 6) is 5.92. The minimum Gasteiger partial charge on any atom is -0.304 e. The lowest BCUT2D eigenvalue weighted by molar-refractivity contribution is 0.0267. The Morgan fingerprint density at radius 2 is 2.08 bits per heavy atom. The van der Waals surface area contributed by atoms with Crippen LogP contribution in [0.15, 0.2) is 0 Å². The Balaban J connectivity index is 2.54. The minimum absolute atomic E-state index is 0.239. The Bertz CT molecular complexity index is 175. The molecule has 0 radical (unpaired) electrons. The number of rotatable bonds is 3. The first kappa shape index (κ1) is 11.0. The van der Waals surface area contributed by atoms with Gasteiger partial charge in [0.15, 0.2) is 0 Å². The maximum atomic E-state index is 5.15. The molecule has 0 bridgehead atoms. The van der Waals surface area contributed by atoms with E-state index in [0.717, 1.165) is 5.92 Å². The molecule has 2 nitrogen and oxygen atoms in total. The van der Waals surface area contributed by atoms with Gasteiger partial charge in [-0.2, -0.15) is 0 Å². The van der Waals surface area contributed by atoms with E-state index in [1.165, 1.54) is 19.3 Å². The third kappa shape index (κ3) is 2.68. The maximum Gasteiger partial charge on any atom is 0.0732 e. The van der Waals surface area contributed by atoms with Gasteiger partial charge < -0.3 is 4.84 Å². The van der Waals surface area contributed by atoms with Gasteiger partial charge in [0, 0.05) is 0 Å². The van der Waals surface area contributed by atoms with Crippen LogP contribution < -0.4 is 5.90 Å². The molecule has 13 heavy (non-hydrogen) atoms. The van der Waals surface area contributed by atoms with E-state index in [-0.39, 0.29) is 5.41 Å². The molecule has 2 heteroatoms. The first-order valence-corrected chi connectivity index (χ1v) is 5.19. The molecule has 1 aliphatic rings. The topological polar surface area (TPSA) is 35.2 Å². The van der Waals surface area contributed by atoms with E-state index >= 15 is 0 Å². The summed E-state index contributed by atoms with van der Waals surface area (Å²) >= 11 is 0. The molecule has 1 saturated carbocycles. The molecule has 2 N–H and O–H groups in total. The standard InChI is InChI=1S/C11H23NO/c1-10(2)6-5-9(7-10)11(3,4)8-13-12/h9H,5-8,12H2,1-4H3. The fourth-order valence-electron chi connectivity index (χ4n) is 2.44. The van der Waals surface area contributed by atoms with Crippen molar-refractivity contribution in [1.82, 2.24) is 0 Å². The molecule has 78 valence electrons. The average Bonchev–Trinajstić information content (AvgIpc) is 2.30. The second kappa shape index (κ2) is 3.58. The van der Waals surface area contributed by atoms with Crippen LogP contribution in [0.4, 0.5) is 0 Å². The fourth-order valence-corrected chi connectivity index (χ4v) is 2.44. The molecule has 1 fully saturated rings. The molecule has 1 atom stereocenters. The van der Waals surface area contributed by atoms with Crippen LogP contribution in [0.5, 0.6) is 0 Å². The van der Waals surface area contributed by atoms with Gasteiger partial charge in [0.2, 0.25) is 0 Å². The molecule has 1 aliphatic carbocycles. The smallest absolute Gasteiger partial charge is 0.0732 e. The second-order valence-electron chi connectivity index (χ2n) is 5.90. The van der Waals surface area contributed by atoms with Gasteiger partial charge in [0.1, 0.15) is 0 Å². The van der Waals surface area contributed by atoms with Gasteiger partial charge in [0.05, 0.1) is 6.61 Å². The highest BCUT2D eigenvalue weighted by molar-refractivity contribution is 4.89. The van der Waals surface area contributed by atoms with E-state index in [0.29, 0.717) is 12.0 Å². The highest BCUT2D eigenvalue weighted by Crippen LogP contribution is 2.48. The van der Waals surface area contributed by atoms with Gasteiger partial charge in [-0.3, -0.25) is 0 Å². The van der Waals surface area contributed by atoms with Gasteiger partial charge in [-0.25, -0.2) is 5.90 Å². The second-order valence-corrected chi connectivity index (χ2v) is 5.90. The Morgan fingerprint density at radius 1 is 1.46 bits per heavy atom. The lowest BCUT2D eigenvalue weighted by Crippen LogP contribution is -2.29. The minimum atomic E-state index is 0.239. The van der Waals surface area contributed by atoms with Crippen LogP contribution in [0.2, 0.25) is 0 Å². The van der Waals surface area contributed by atoms with E-state index < -0.39 is 0 Å². The third-order valence-corrected chi connectivity index (χ3v) is 3.53. The summed E-state index contributed by atoms with van der Waals surface area (Å²) in [7, 11) is 0. The van der Waals surface area contributed by atoms with Crippen LogP contribution in [-0.4, -0.2) is 6.61 Å². The predicted octanol–water partition coefficient (Wildman–Crippen LogP) is 2.73. The molecule has 0 aromatic rings. The first-order chi connectivity index (χ1) is 5.87. The fraction of sp³-hybridized carbons (Fsp3) is 1.00. The van der Waals surface area contributed by atoms with Crippen molar-refractivity contribution in [3.05, 3.63) is 0 Å². The van der Waals surface area contributed by atoms with Crippen molar-refractivity contribution >= 4 is 0 Å². The van der Waals surface area contributed by atoms with E-state index in [1.54, 1.807) is 0 Å². The van der Waals surface area contributed by atoms with Crippen LogP contribution in [0.25, 0.3) is 0 Å². The van der Waals surface area contributed by atoms with Gasteiger partial charge in [-0.15, -0.1) is 0 Å². The normalized spacial score (nSPS) is 27.9. The van der Waals surface area contributed by atoms with Crippen LogP contribution in [0, 0.1) is 16.7 Å². The number of hydrogen-bond donors (Lipinski definition) is 1. The summed E-state index contributed by atoms with van der Waals surface area (Å²) in [6, 6.07) is 0. The van der Waals surface area contributed by atoms with Crippen molar-refractivity contribution in [2.24, 2.45) is 22.6 Å². The summed E-state index contributed by atoms with van der Waals surface area (Å²) < 4.78 is 0. The largest absolute Gasteiger partial charge is 0.304 e. The lowest BCUT2D eigenvalue weighted by Gasteiger charge is -2.31. The number of nitrogens with two attached hydrogens (primary N) is 1. The first-order valence-electron chi connectivity index (χ1n) is 5.19. The van der Waals surface area contributed by atoms with Crippen molar-refractivity contribution in [3.63, 3.8) is 0 Å². The SMILES string of the molecule is CC1(C)CCC(C(C)(C)CON)C1. The molecule has 0 spiro atoms. The molecular formula is C11H23NO. The summed E-state index contributed by atoms with van der Waals surface area (Å²) in [6.07, 6.45) is 3.97. The maximum absolute atomic E-state index is 5.15. The van der Waals surface area contributed by atoms with Crippen molar-refractivity contribution in [2.75, 3.05) is 6.61 Å². The van der Waals surface area contributed by atoms with Crippen LogP contribution >= 0.6 is 0 Å². The number of hydrogen-bond acceptors (Lipinski definition) is 2. The van der Waals surface area contributed by atoms with Gasteiger partial charge in [0.25, 0.3) is 0 Å². The molecule has 0 aromatic carbocycles. The lowest BCUT2D eigenvalue weighted by atomic mass is 9.76. The monoisotopic (exact) mass is 185 g/mol. The predicted molar refractivity (Wildman–Crippen MR) is 55.0 cm³/mol. The van der Waals surface area contributed by atoms with E-state index in [4.69, 9.17) is 10.7 Å². The Labute approximate surface area is 81.8 Å². The van der Waals surface area contributed by atoms with Crippen molar-refractivity contribution in [1.29, 1.82) is 0 Å². The van der Waals surface area contributed by atoms with Gasteiger partial charge in [-0.05, 0) is 36.0 Å². The summed E-state index contributed by atoms with van der Waals surface area (Å²) in [5, 5.41) is 0. The molecular weight excluding hydrogens is 162 g/mol. The Kier molecular flexibility index (Phi) is 3.03. The van der Waals surface area contributed by atoms with E-state index in [9.17, 15) is 0 Å². The quantitative estimate of drug-likeness (QED) is 0.686. The van der Waals surface area contributed by atoms with Gasteiger partial charge >= 0.3 is 0 Å². The van der Waals surface area contributed by atoms with E-state index in [2.05, 4.69) is 27.7 Å². The zero-order chi connectivity index (χ0) is 10.1. The molecule has 1 rings (SSSR count). The zero-order valence-electron chi connectivity index (χ0n) is 9.39. The van der Waals surface area contributed by atoms with Crippen LogP contribution in [0.1, 0.15) is 47.0 Å². The average molecular weight is 185 g/mol. The van der Waals surface area contributed by atoms with Crippen molar-refractivity contribution < 1.29 is 4.84 Å². The molecule has 0 heterocycles. The third-order valence-electron chi connectivity index (χ3n) is 3.53. The van der Waals surface area contributed by atoms with E-state index in [1.807, 2.05) is 0 Å². The highest BCUT2D eigenvalue weighted by Gasteiger charge is 2.39. The Morgan fingerprint density at radius 3 is 2.46 bits per heavy atom. The van der Waals surface area contributed by atoms with Crippen LogP contribution in [0.3, 0.4) is 0 Å². The zero-order valence-corrected chi connectivity index (χ0v) is 9.39. The highest BCUT2D eigenvalue weighted by atomic mass is 16.6. The molecule has 0 aromatic heterocycles. The van der Waals surface area contributed by atoms with Crippen LogP contribution in [-0.2, 0) is 4.84 Å². The molecule has 0 amide bonds. The summed E-state index contributed by atoms with van der Waals surface area (Å²) in [4.78, 5) is 4.79. The molecule has 1 unspecified atom stereocenters. The Hall–Kier alpha value is -0.0800. The van der Waals surface area contributed by atoms with Crippen molar-refractivity contribution in [3.8, 4) is 0 Å². The molecule has 0 aliphatic heterocycles. The van der Waals surface area contributed by atoms with Crippen molar-refractivity contribution in [2.45, 2.75) is 47.0 Å². The summed E-state index contributed by atoms with van der Waals surface area (Å²) in [5.41, 5.74) is 0.763. The summed E-state index contributed by atoms with van der Waals surface area (Å²) in [6.45, 7) is 9.89. The van der Waals surface area contributed by atoms with Gasteiger partial charge in [-0.1, -0.05) is 27.7 Å². The molecule has 0 saturated heterocycles.